The van der Waals surface area contributed by atoms with Crippen molar-refractivity contribution >= 4 is 5.91 Å². The second kappa shape index (κ2) is 3.49. The van der Waals surface area contributed by atoms with Gasteiger partial charge in [-0.1, -0.05) is 0 Å². The molecule has 5 nitrogen and oxygen atoms in total. The molecule has 0 aliphatic carbocycles. The van der Waals surface area contributed by atoms with E-state index < -0.39 is 11.4 Å². The molecule has 70 valence electrons. The molecule has 1 heterocycles. The fourth-order valence-corrected chi connectivity index (χ4v) is 0.886. The van der Waals surface area contributed by atoms with E-state index in [4.69, 9.17) is 11.5 Å². The SMILES string of the molecule is CC(N)(Cc1ccncn1)C(N)=O. The van der Waals surface area contributed by atoms with Crippen LogP contribution < -0.4 is 11.5 Å². The average Bonchev–Trinajstić information content (AvgIpc) is 2.05. The summed E-state index contributed by atoms with van der Waals surface area (Å²) >= 11 is 0. The van der Waals surface area contributed by atoms with Crippen LogP contribution in [-0.2, 0) is 11.2 Å². The molecule has 1 atom stereocenters. The highest BCUT2D eigenvalue weighted by atomic mass is 16.1. The third-order valence-electron chi connectivity index (χ3n) is 1.75. The van der Waals surface area contributed by atoms with Gasteiger partial charge in [-0.15, -0.1) is 0 Å². The first-order valence-electron chi connectivity index (χ1n) is 3.86. The van der Waals surface area contributed by atoms with Crippen LogP contribution in [0.2, 0.25) is 0 Å². The van der Waals surface area contributed by atoms with Crippen molar-refractivity contribution in [1.29, 1.82) is 0 Å². The van der Waals surface area contributed by atoms with Crippen LogP contribution >= 0.6 is 0 Å². The average molecular weight is 180 g/mol. The van der Waals surface area contributed by atoms with Gasteiger partial charge in [0.05, 0.1) is 5.54 Å². The van der Waals surface area contributed by atoms with Gasteiger partial charge in [0.15, 0.2) is 0 Å². The van der Waals surface area contributed by atoms with Crippen molar-refractivity contribution in [2.75, 3.05) is 0 Å². The number of nitrogens with zero attached hydrogens (tertiary/aromatic N) is 2. The summed E-state index contributed by atoms with van der Waals surface area (Å²) in [5.41, 5.74) is 10.4. The molecule has 0 aliphatic rings. The quantitative estimate of drug-likeness (QED) is 0.638. The Balaban J connectivity index is 2.75. The summed E-state index contributed by atoms with van der Waals surface area (Å²) in [7, 11) is 0. The first-order chi connectivity index (χ1) is 6.02. The summed E-state index contributed by atoms with van der Waals surface area (Å²) in [6, 6.07) is 1.70. The third-order valence-corrected chi connectivity index (χ3v) is 1.75. The van der Waals surface area contributed by atoms with Gasteiger partial charge < -0.3 is 11.5 Å². The Bertz CT molecular complexity index is 296. The van der Waals surface area contributed by atoms with Crippen molar-refractivity contribution in [3.63, 3.8) is 0 Å². The highest BCUT2D eigenvalue weighted by molar-refractivity contribution is 5.84. The Morgan fingerprint density at radius 1 is 1.69 bits per heavy atom. The maximum atomic E-state index is 10.9. The molecule has 0 fully saturated rings. The molecule has 0 spiro atoms. The summed E-state index contributed by atoms with van der Waals surface area (Å²) in [4.78, 5) is 18.6. The molecule has 0 aromatic carbocycles. The molecule has 1 amide bonds. The maximum Gasteiger partial charge on any atom is 0.237 e. The molecule has 1 unspecified atom stereocenters. The smallest absolute Gasteiger partial charge is 0.237 e. The highest BCUT2D eigenvalue weighted by Crippen LogP contribution is 2.06. The van der Waals surface area contributed by atoms with Gasteiger partial charge in [-0.05, 0) is 13.0 Å². The number of nitrogens with two attached hydrogens (primary N) is 2. The second-order valence-corrected chi connectivity index (χ2v) is 3.16. The van der Waals surface area contributed by atoms with Crippen LogP contribution in [0.3, 0.4) is 0 Å². The molecule has 1 aromatic rings. The molecule has 1 aromatic heterocycles. The van der Waals surface area contributed by atoms with E-state index >= 15 is 0 Å². The molecule has 0 bridgehead atoms. The molecule has 0 radical (unpaired) electrons. The van der Waals surface area contributed by atoms with Crippen LogP contribution in [0.15, 0.2) is 18.6 Å². The van der Waals surface area contributed by atoms with E-state index in [0.717, 1.165) is 0 Å². The summed E-state index contributed by atoms with van der Waals surface area (Å²) < 4.78 is 0. The van der Waals surface area contributed by atoms with Crippen molar-refractivity contribution < 1.29 is 4.79 Å². The van der Waals surface area contributed by atoms with Crippen LogP contribution in [0.25, 0.3) is 0 Å². The first-order valence-corrected chi connectivity index (χ1v) is 3.86. The summed E-state index contributed by atoms with van der Waals surface area (Å²) in [5, 5.41) is 0. The number of rotatable bonds is 3. The Morgan fingerprint density at radius 2 is 2.38 bits per heavy atom. The van der Waals surface area contributed by atoms with E-state index in [-0.39, 0.29) is 0 Å². The number of primary amides is 1. The molecular weight excluding hydrogens is 168 g/mol. The zero-order valence-corrected chi connectivity index (χ0v) is 7.40. The van der Waals surface area contributed by atoms with Crippen molar-refractivity contribution in [3.8, 4) is 0 Å². The van der Waals surface area contributed by atoms with Gasteiger partial charge in [0.1, 0.15) is 6.33 Å². The first kappa shape index (κ1) is 9.60. The molecule has 4 N–H and O–H groups in total. The molecule has 5 heteroatoms. The zero-order chi connectivity index (χ0) is 9.90. The van der Waals surface area contributed by atoms with Gasteiger partial charge in [-0.25, -0.2) is 9.97 Å². The minimum absolute atomic E-state index is 0.324. The summed E-state index contributed by atoms with van der Waals surface area (Å²) in [5.74, 6) is -0.536. The van der Waals surface area contributed by atoms with Crippen molar-refractivity contribution in [3.05, 3.63) is 24.3 Å². The molecule has 13 heavy (non-hydrogen) atoms. The predicted octanol–water partition coefficient (Wildman–Crippen LogP) is -0.778. The summed E-state index contributed by atoms with van der Waals surface area (Å²) in [6.07, 6.45) is 3.33. The highest BCUT2D eigenvalue weighted by Gasteiger charge is 2.26. The zero-order valence-electron chi connectivity index (χ0n) is 7.40. The van der Waals surface area contributed by atoms with Crippen molar-refractivity contribution in [1.82, 2.24) is 9.97 Å². The largest absolute Gasteiger partial charge is 0.368 e. The van der Waals surface area contributed by atoms with E-state index in [9.17, 15) is 4.79 Å². The lowest BCUT2D eigenvalue weighted by atomic mass is 9.96. The van der Waals surface area contributed by atoms with Crippen LogP contribution in [0.5, 0.6) is 0 Å². The van der Waals surface area contributed by atoms with E-state index in [1.807, 2.05) is 0 Å². The maximum absolute atomic E-state index is 10.9. The fourth-order valence-electron chi connectivity index (χ4n) is 0.886. The molecule has 1 rings (SSSR count). The van der Waals surface area contributed by atoms with Crippen LogP contribution in [0.1, 0.15) is 12.6 Å². The number of carbonyl (C=O) groups is 1. The van der Waals surface area contributed by atoms with E-state index in [2.05, 4.69) is 9.97 Å². The summed E-state index contributed by atoms with van der Waals surface area (Å²) in [6.45, 7) is 1.58. The van der Waals surface area contributed by atoms with Crippen LogP contribution in [0.4, 0.5) is 0 Å². The lowest BCUT2D eigenvalue weighted by molar-refractivity contribution is -0.122. The lowest BCUT2D eigenvalue weighted by Gasteiger charge is -2.19. The number of amides is 1. The van der Waals surface area contributed by atoms with E-state index in [1.54, 1.807) is 19.2 Å². The van der Waals surface area contributed by atoms with E-state index in [0.29, 0.717) is 12.1 Å². The van der Waals surface area contributed by atoms with Gasteiger partial charge in [0, 0.05) is 18.3 Å². The molecule has 0 aliphatic heterocycles. The molecule has 0 saturated heterocycles. The predicted molar refractivity (Wildman–Crippen MR) is 47.5 cm³/mol. The monoisotopic (exact) mass is 180 g/mol. The Morgan fingerprint density at radius 3 is 2.85 bits per heavy atom. The number of carbonyl (C=O) groups excluding carboxylic acids is 1. The number of hydrogen-bond donors (Lipinski definition) is 2. The van der Waals surface area contributed by atoms with Crippen LogP contribution in [0, 0.1) is 0 Å². The van der Waals surface area contributed by atoms with Crippen LogP contribution in [-0.4, -0.2) is 21.4 Å². The minimum Gasteiger partial charge on any atom is -0.368 e. The molecule has 0 saturated carbocycles. The second-order valence-electron chi connectivity index (χ2n) is 3.16. The van der Waals surface area contributed by atoms with Gasteiger partial charge in [-0.2, -0.15) is 0 Å². The van der Waals surface area contributed by atoms with Gasteiger partial charge >= 0.3 is 0 Å². The lowest BCUT2D eigenvalue weighted by Crippen LogP contribution is -2.51. The third kappa shape index (κ3) is 2.48. The normalized spacial score (nSPS) is 14.9. The topological polar surface area (TPSA) is 94.9 Å². The fraction of sp³-hybridized carbons (Fsp3) is 0.375. The van der Waals surface area contributed by atoms with Gasteiger partial charge in [0.25, 0.3) is 0 Å². The number of aromatic nitrogens is 2. The van der Waals surface area contributed by atoms with Gasteiger partial charge in [-0.3, -0.25) is 4.79 Å². The van der Waals surface area contributed by atoms with Crippen molar-refractivity contribution in [2.45, 2.75) is 18.9 Å². The Hall–Kier alpha value is -1.49. The standard InChI is InChI=1S/C8H12N4O/c1-8(10,7(9)13)4-6-2-3-11-5-12-6/h2-3,5H,4,10H2,1H3,(H2,9,13). The Labute approximate surface area is 76.2 Å². The molecular formula is C8H12N4O. The van der Waals surface area contributed by atoms with Gasteiger partial charge in [0.2, 0.25) is 5.91 Å². The minimum atomic E-state index is -1.05. The Kier molecular flexibility index (Phi) is 2.57. The van der Waals surface area contributed by atoms with Crippen molar-refractivity contribution in [2.24, 2.45) is 11.5 Å². The van der Waals surface area contributed by atoms with E-state index in [1.165, 1.54) is 6.33 Å². The number of hydrogen-bond acceptors (Lipinski definition) is 4.